The zero-order valence-electron chi connectivity index (χ0n) is 15.3. The summed E-state index contributed by atoms with van der Waals surface area (Å²) in [6.45, 7) is 0. The molecule has 0 amide bonds. The number of esters is 1. The Morgan fingerprint density at radius 1 is 1.00 bits per heavy atom. The van der Waals surface area contributed by atoms with Crippen LogP contribution in [0.4, 0.5) is 0 Å². The molecule has 3 aromatic rings. The Bertz CT molecular complexity index is 1130. The number of methoxy groups -OCH3 is 1. The fourth-order valence-electron chi connectivity index (χ4n) is 2.87. The Kier molecular flexibility index (Phi) is 5.18. The quantitative estimate of drug-likeness (QED) is 0.306. The standard InChI is InChI=1S/C23H15BrO5/c1-27-15-8-6-14(7-9-15)12-21-22(25)18-11-10-16(13-20(18)29-21)28-23(26)17-4-2-3-5-19(17)24/h2-13H,1H3/b21-12-. The summed E-state index contributed by atoms with van der Waals surface area (Å²) in [6, 6.07) is 19.0. The van der Waals surface area contributed by atoms with Gasteiger partial charge < -0.3 is 14.2 Å². The minimum Gasteiger partial charge on any atom is -0.497 e. The summed E-state index contributed by atoms with van der Waals surface area (Å²) in [4.78, 5) is 25.0. The van der Waals surface area contributed by atoms with Crippen LogP contribution in [0, 0.1) is 0 Å². The number of halogens is 1. The van der Waals surface area contributed by atoms with E-state index in [4.69, 9.17) is 14.2 Å². The van der Waals surface area contributed by atoms with Crippen LogP contribution in [-0.4, -0.2) is 18.9 Å². The zero-order chi connectivity index (χ0) is 20.4. The molecular formula is C23H15BrO5. The molecule has 3 aromatic carbocycles. The number of ketones is 1. The van der Waals surface area contributed by atoms with Crippen LogP contribution in [0.25, 0.3) is 6.08 Å². The van der Waals surface area contributed by atoms with Gasteiger partial charge in [-0.05, 0) is 64.0 Å². The number of rotatable bonds is 4. The minimum atomic E-state index is -0.504. The highest BCUT2D eigenvalue weighted by Crippen LogP contribution is 2.35. The lowest BCUT2D eigenvalue weighted by atomic mass is 10.1. The van der Waals surface area contributed by atoms with Crippen molar-refractivity contribution in [3.8, 4) is 17.2 Å². The van der Waals surface area contributed by atoms with Crippen LogP contribution < -0.4 is 14.2 Å². The van der Waals surface area contributed by atoms with E-state index >= 15 is 0 Å². The summed E-state index contributed by atoms with van der Waals surface area (Å²) in [5, 5.41) is 0. The Balaban J connectivity index is 1.54. The molecule has 4 rings (SSSR count). The fourth-order valence-corrected chi connectivity index (χ4v) is 3.32. The van der Waals surface area contributed by atoms with Crippen LogP contribution in [0.5, 0.6) is 17.2 Å². The van der Waals surface area contributed by atoms with E-state index in [1.165, 1.54) is 6.07 Å². The van der Waals surface area contributed by atoms with Gasteiger partial charge in [-0.3, -0.25) is 4.79 Å². The Hall–Kier alpha value is -3.38. The maximum Gasteiger partial charge on any atom is 0.344 e. The number of Topliss-reactive ketones (excluding diaryl/α,β-unsaturated/α-hetero) is 1. The van der Waals surface area contributed by atoms with Gasteiger partial charge in [0, 0.05) is 10.5 Å². The third-order valence-electron chi connectivity index (χ3n) is 4.36. The van der Waals surface area contributed by atoms with Gasteiger partial charge in [0.2, 0.25) is 5.78 Å². The Morgan fingerprint density at radius 2 is 1.72 bits per heavy atom. The van der Waals surface area contributed by atoms with Crippen molar-refractivity contribution in [3.05, 3.63) is 93.7 Å². The summed E-state index contributed by atoms with van der Waals surface area (Å²) >= 11 is 3.33. The zero-order valence-corrected chi connectivity index (χ0v) is 16.9. The number of carbonyl (C=O) groups excluding carboxylic acids is 2. The van der Waals surface area contributed by atoms with Gasteiger partial charge in [0.15, 0.2) is 5.76 Å². The van der Waals surface area contributed by atoms with E-state index in [2.05, 4.69) is 15.9 Å². The molecule has 0 aliphatic carbocycles. The van der Waals surface area contributed by atoms with Gasteiger partial charge in [-0.25, -0.2) is 4.79 Å². The number of hydrogen-bond acceptors (Lipinski definition) is 5. The van der Waals surface area contributed by atoms with Crippen molar-refractivity contribution in [3.63, 3.8) is 0 Å². The topological polar surface area (TPSA) is 61.8 Å². The van der Waals surface area contributed by atoms with Crippen molar-refractivity contribution >= 4 is 33.8 Å². The first-order valence-corrected chi connectivity index (χ1v) is 9.53. The molecular weight excluding hydrogens is 436 g/mol. The fraction of sp³-hybridized carbons (Fsp3) is 0.0435. The SMILES string of the molecule is COc1ccc(/C=C2\Oc3cc(OC(=O)c4ccccc4Br)ccc3C2=O)cc1. The van der Waals surface area contributed by atoms with Gasteiger partial charge in [0.05, 0.1) is 18.2 Å². The van der Waals surface area contributed by atoms with Crippen LogP contribution in [-0.2, 0) is 0 Å². The van der Waals surface area contributed by atoms with Gasteiger partial charge in [0.25, 0.3) is 0 Å². The Labute approximate surface area is 175 Å². The van der Waals surface area contributed by atoms with Gasteiger partial charge in [-0.1, -0.05) is 24.3 Å². The highest BCUT2D eigenvalue weighted by Gasteiger charge is 2.28. The Morgan fingerprint density at radius 3 is 2.45 bits per heavy atom. The van der Waals surface area contributed by atoms with Crippen LogP contribution >= 0.6 is 15.9 Å². The molecule has 0 saturated heterocycles. The summed E-state index contributed by atoms with van der Waals surface area (Å²) < 4.78 is 16.9. The third-order valence-corrected chi connectivity index (χ3v) is 5.05. The lowest BCUT2D eigenvalue weighted by Crippen LogP contribution is -2.09. The molecule has 0 bridgehead atoms. The predicted octanol–water partition coefficient (Wildman–Crippen LogP) is 5.29. The van der Waals surface area contributed by atoms with E-state index in [0.29, 0.717) is 27.1 Å². The number of benzene rings is 3. The molecule has 0 radical (unpaired) electrons. The van der Waals surface area contributed by atoms with E-state index in [1.807, 2.05) is 18.2 Å². The second-order valence-corrected chi connectivity index (χ2v) is 7.09. The van der Waals surface area contributed by atoms with Crippen molar-refractivity contribution in [2.75, 3.05) is 7.11 Å². The van der Waals surface area contributed by atoms with E-state index in [0.717, 1.165) is 11.3 Å². The summed E-state index contributed by atoms with van der Waals surface area (Å²) in [7, 11) is 1.59. The first-order chi connectivity index (χ1) is 14.0. The number of ether oxygens (including phenoxy) is 3. The molecule has 6 heteroatoms. The van der Waals surface area contributed by atoms with Gasteiger partial charge in [0.1, 0.15) is 17.2 Å². The molecule has 0 N–H and O–H groups in total. The van der Waals surface area contributed by atoms with E-state index in [-0.39, 0.29) is 11.5 Å². The second kappa shape index (κ2) is 7.93. The predicted molar refractivity (Wildman–Crippen MR) is 111 cm³/mol. The van der Waals surface area contributed by atoms with Crippen LogP contribution in [0.3, 0.4) is 0 Å². The molecule has 0 aromatic heterocycles. The lowest BCUT2D eigenvalue weighted by Gasteiger charge is -2.07. The van der Waals surface area contributed by atoms with E-state index in [1.54, 1.807) is 55.7 Å². The van der Waals surface area contributed by atoms with Crippen molar-refractivity contribution in [2.24, 2.45) is 0 Å². The molecule has 0 spiro atoms. The molecule has 1 aliphatic heterocycles. The molecule has 144 valence electrons. The van der Waals surface area contributed by atoms with Gasteiger partial charge >= 0.3 is 5.97 Å². The van der Waals surface area contributed by atoms with E-state index in [9.17, 15) is 9.59 Å². The van der Waals surface area contributed by atoms with Crippen molar-refractivity contribution in [1.29, 1.82) is 0 Å². The molecule has 0 fully saturated rings. The molecule has 1 aliphatic rings. The first-order valence-electron chi connectivity index (χ1n) is 8.74. The van der Waals surface area contributed by atoms with Crippen LogP contribution in [0.1, 0.15) is 26.3 Å². The number of hydrogen-bond donors (Lipinski definition) is 0. The maximum absolute atomic E-state index is 12.6. The van der Waals surface area contributed by atoms with Crippen molar-refractivity contribution < 1.29 is 23.8 Å². The molecule has 5 nitrogen and oxygen atoms in total. The monoisotopic (exact) mass is 450 g/mol. The molecule has 1 heterocycles. The van der Waals surface area contributed by atoms with Crippen LogP contribution in [0.2, 0.25) is 0 Å². The van der Waals surface area contributed by atoms with Crippen LogP contribution in [0.15, 0.2) is 77.0 Å². The normalized spacial score (nSPS) is 13.7. The van der Waals surface area contributed by atoms with Gasteiger partial charge in [-0.2, -0.15) is 0 Å². The van der Waals surface area contributed by atoms with Crippen molar-refractivity contribution in [1.82, 2.24) is 0 Å². The minimum absolute atomic E-state index is 0.208. The lowest BCUT2D eigenvalue weighted by molar-refractivity contribution is 0.0733. The number of carbonyl (C=O) groups is 2. The highest BCUT2D eigenvalue weighted by atomic mass is 79.9. The number of allylic oxidation sites excluding steroid dienone is 1. The molecule has 0 atom stereocenters. The summed E-state index contributed by atoms with van der Waals surface area (Å²) in [5.74, 6) is 0.857. The average molecular weight is 451 g/mol. The second-order valence-electron chi connectivity index (χ2n) is 6.24. The first kappa shape index (κ1) is 19.0. The van der Waals surface area contributed by atoms with E-state index < -0.39 is 5.97 Å². The molecule has 0 unspecified atom stereocenters. The van der Waals surface area contributed by atoms with Gasteiger partial charge in [-0.15, -0.1) is 0 Å². The molecule has 0 saturated carbocycles. The summed E-state index contributed by atoms with van der Waals surface area (Å²) in [5.41, 5.74) is 1.64. The third kappa shape index (κ3) is 3.93. The maximum atomic E-state index is 12.6. The molecule has 29 heavy (non-hydrogen) atoms. The number of fused-ring (bicyclic) bond motifs is 1. The highest BCUT2D eigenvalue weighted by molar-refractivity contribution is 9.10. The largest absolute Gasteiger partial charge is 0.497 e. The smallest absolute Gasteiger partial charge is 0.344 e. The average Bonchev–Trinajstić information content (AvgIpc) is 3.03. The summed E-state index contributed by atoms with van der Waals surface area (Å²) in [6.07, 6.45) is 1.66. The van der Waals surface area contributed by atoms with Crippen molar-refractivity contribution in [2.45, 2.75) is 0 Å².